The summed E-state index contributed by atoms with van der Waals surface area (Å²) in [5.41, 5.74) is 0.770. The molecule has 0 radical (unpaired) electrons. The molecule has 0 N–H and O–H groups in total. The number of carbonyl (C=O) groups excluding carboxylic acids is 1. The molecular formula is C21H19NO5S. The minimum Gasteiger partial charge on any atom is -0.451 e. The van der Waals surface area contributed by atoms with E-state index in [0.717, 1.165) is 5.56 Å². The Morgan fingerprint density at radius 1 is 1.00 bits per heavy atom. The molecule has 6 nitrogen and oxygen atoms in total. The van der Waals surface area contributed by atoms with Gasteiger partial charge in [0.1, 0.15) is 5.58 Å². The first-order valence-corrected chi connectivity index (χ1v) is 10.8. The van der Waals surface area contributed by atoms with E-state index in [4.69, 9.17) is 4.42 Å². The molecule has 3 aromatic rings. The Balaban J connectivity index is 1.62. The molecule has 144 valence electrons. The smallest absolute Gasteiger partial charge is 0.289 e. The van der Waals surface area contributed by atoms with Gasteiger partial charge in [0, 0.05) is 19.2 Å². The third kappa shape index (κ3) is 3.45. The minimum absolute atomic E-state index is 0.0701. The van der Waals surface area contributed by atoms with E-state index in [1.54, 1.807) is 36.4 Å². The zero-order chi connectivity index (χ0) is 19.7. The molecule has 2 aromatic carbocycles. The number of benzene rings is 2. The molecule has 0 spiro atoms. The van der Waals surface area contributed by atoms with Crippen molar-refractivity contribution in [1.29, 1.82) is 0 Å². The zero-order valence-electron chi connectivity index (χ0n) is 15.1. The van der Waals surface area contributed by atoms with Gasteiger partial charge in [-0.2, -0.15) is 0 Å². The molecule has 4 rings (SSSR count). The summed E-state index contributed by atoms with van der Waals surface area (Å²) in [6.07, 6.45) is 0.301. The van der Waals surface area contributed by atoms with Crippen molar-refractivity contribution in [2.45, 2.75) is 11.7 Å². The molecule has 1 amide bonds. The molecule has 0 saturated carbocycles. The van der Waals surface area contributed by atoms with Gasteiger partial charge in [-0.05, 0) is 24.1 Å². The lowest BCUT2D eigenvalue weighted by molar-refractivity contribution is 0.0735. The molecule has 1 saturated heterocycles. The van der Waals surface area contributed by atoms with Crippen LogP contribution in [-0.2, 0) is 9.84 Å². The van der Waals surface area contributed by atoms with Crippen LogP contribution < -0.4 is 5.43 Å². The van der Waals surface area contributed by atoms with Gasteiger partial charge in [0.2, 0.25) is 0 Å². The van der Waals surface area contributed by atoms with Crippen LogP contribution in [0.1, 0.15) is 27.8 Å². The Morgan fingerprint density at radius 2 is 1.71 bits per heavy atom. The summed E-state index contributed by atoms with van der Waals surface area (Å²) in [5, 5.41) is -0.239. The fourth-order valence-corrected chi connectivity index (χ4v) is 5.35. The molecule has 1 atom stereocenters. The van der Waals surface area contributed by atoms with Crippen molar-refractivity contribution in [3.63, 3.8) is 0 Å². The summed E-state index contributed by atoms with van der Waals surface area (Å²) in [7, 11) is -3.39. The van der Waals surface area contributed by atoms with Gasteiger partial charge in [0.25, 0.3) is 5.91 Å². The van der Waals surface area contributed by atoms with Gasteiger partial charge < -0.3 is 9.32 Å². The van der Waals surface area contributed by atoms with Crippen molar-refractivity contribution in [2.75, 3.05) is 18.8 Å². The SMILES string of the molecule is O=C(c1cc(=O)c2ccccc2o1)N1CCC(c2ccccc2)S(=O)(=O)CC1. The van der Waals surface area contributed by atoms with Gasteiger partial charge in [0.05, 0.1) is 16.4 Å². The molecule has 0 bridgehead atoms. The lowest BCUT2D eigenvalue weighted by Gasteiger charge is -2.19. The first-order chi connectivity index (χ1) is 13.5. The summed E-state index contributed by atoms with van der Waals surface area (Å²) >= 11 is 0. The van der Waals surface area contributed by atoms with Crippen LogP contribution in [0.3, 0.4) is 0 Å². The molecule has 1 aromatic heterocycles. The van der Waals surface area contributed by atoms with Gasteiger partial charge in [-0.15, -0.1) is 0 Å². The highest BCUT2D eigenvalue weighted by Gasteiger charge is 2.33. The number of rotatable bonds is 2. The number of carbonyl (C=O) groups is 1. The van der Waals surface area contributed by atoms with Crippen LogP contribution in [0, 0.1) is 0 Å². The van der Waals surface area contributed by atoms with Gasteiger partial charge in [0.15, 0.2) is 21.0 Å². The van der Waals surface area contributed by atoms with Crippen molar-refractivity contribution < 1.29 is 17.6 Å². The summed E-state index contributed by atoms with van der Waals surface area (Å²) in [4.78, 5) is 26.6. The van der Waals surface area contributed by atoms with Crippen molar-refractivity contribution in [2.24, 2.45) is 0 Å². The lowest BCUT2D eigenvalue weighted by atomic mass is 10.1. The number of amides is 1. The number of hydrogen-bond donors (Lipinski definition) is 0. The third-order valence-electron chi connectivity index (χ3n) is 5.04. The van der Waals surface area contributed by atoms with E-state index in [2.05, 4.69) is 0 Å². The number of fused-ring (bicyclic) bond motifs is 1. The molecule has 1 aliphatic heterocycles. The van der Waals surface area contributed by atoms with Gasteiger partial charge in [-0.1, -0.05) is 42.5 Å². The summed E-state index contributed by atoms with van der Waals surface area (Å²) in [5.74, 6) is -0.665. The third-order valence-corrected chi connectivity index (χ3v) is 7.17. The van der Waals surface area contributed by atoms with Crippen LogP contribution in [0.4, 0.5) is 0 Å². The van der Waals surface area contributed by atoms with Crippen molar-refractivity contribution >= 4 is 26.7 Å². The second-order valence-electron chi connectivity index (χ2n) is 6.82. The Morgan fingerprint density at radius 3 is 2.50 bits per heavy atom. The Labute approximate surface area is 162 Å². The van der Waals surface area contributed by atoms with Gasteiger partial charge in [-0.3, -0.25) is 9.59 Å². The van der Waals surface area contributed by atoms with Crippen LogP contribution in [-0.4, -0.2) is 38.1 Å². The van der Waals surface area contributed by atoms with E-state index in [1.165, 1.54) is 11.0 Å². The topological polar surface area (TPSA) is 84.7 Å². The van der Waals surface area contributed by atoms with E-state index < -0.39 is 21.0 Å². The summed E-state index contributed by atoms with van der Waals surface area (Å²) < 4.78 is 31.1. The molecule has 7 heteroatoms. The number of nitrogens with zero attached hydrogens (tertiary/aromatic N) is 1. The quantitative estimate of drug-likeness (QED) is 0.664. The highest BCUT2D eigenvalue weighted by atomic mass is 32.2. The van der Waals surface area contributed by atoms with Crippen LogP contribution in [0.5, 0.6) is 0 Å². The molecule has 2 heterocycles. The Bertz CT molecular complexity index is 1180. The summed E-state index contributed by atoms with van der Waals surface area (Å²) in [6, 6.07) is 16.9. The largest absolute Gasteiger partial charge is 0.451 e. The zero-order valence-corrected chi connectivity index (χ0v) is 15.9. The molecular weight excluding hydrogens is 378 g/mol. The molecule has 0 aliphatic carbocycles. The van der Waals surface area contributed by atoms with E-state index in [-0.39, 0.29) is 30.0 Å². The first-order valence-electron chi connectivity index (χ1n) is 9.04. The van der Waals surface area contributed by atoms with Crippen molar-refractivity contribution in [3.05, 3.63) is 82.2 Å². The minimum atomic E-state index is -3.39. The van der Waals surface area contributed by atoms with Gasteiger partial charge >= 0.3 is 0 Å². The van der Waals surface area contributed by atoms with E-state index in [9.17, 15) is 18.0 Å². The van der Waals surface area contributed by atoms with Crippen molar-refractivity contribution in [3.8, 4) is 0 Å². The van der Waals surface area contributed by atoms with Crippen LogP contribution >= 0.6 is 0 Å². The molecule has 1 aliphatic rings. The molecule has 1 unspecified atom stereocenters. The Hall–Kier alpha value is -2.93. The summed E-state index contributed by atoms with van der Waals surface area (Å²) in [6.45, 7) is 0.342. The average molecular weight is 397 g/mol. The number of hydrogen-bond acceptors (Lipinski definition) is 5. The normalized spacial score (nSPS) is 19.3. The van der Waals surface area contributed by atoms with Crippen LogP contribution in [0.2, 0.25) is 0 Å². The van der Waals surface area contributed by atoms with Crippen molar-refractivity contribution in [1.82, 2.24) is 4.90 Å². The standard InChI is InChI=1S/C21H19NO5S/c23-17-14-19(27-18-9-5-4-8-16(17)18)21(24)22-11-10-20(28(25,26)13-12-22)15-6-2-1-3-7-15/h1-9,14,20H,10-13H2. The van der Waals surface area contributed by atoms with Gasteiger partial charge in [-0.25, -0.2) is 8.42 Å². The maximum Gasteiger partial charge on any atom is 0.289 e. The molecule has 1 fully saturated rings. The predicted molar refractivity (Wildman–Crippen MR) is 106 cm³/mol. The number of sulfone groups is 1. The molecule has 28 heavy (non-hydrogen) atoms. The van der Waals surface area contributed by atoms with Crippen LogP contribution in [0.15, 0.2) is 69.9 Å². The second-order valence-corrected chi connectivity index (χ2v) is 9.12. The fraction of sp³-hybridized carbons (Fsp3) is 0.238. The van der Waals surface area contributed by atoms with E-state index in [0.29, 0.717) is 17.4 Å². The Kier molecular flexibility index (Phi) is 4.77. The van der Waals surface area contributed by atoms with E-state index in [1.807, 2.05) is 18.2 Å². The van der Waals surface area contributed by atoms with E-state index >= 15 is 0 Å². The monoisotopic (exact) mass is 397 g/mol. The average Bonchev–Trinajstić information content (AvgIpc) is 2.86. The predicted octanol–water partition coefficient (Wildman–Crippen LogP) is 2.80. The number of para-hydroxylation sites is 1. The van der Waals surface area contributed by atoms with Crippen LogP contribution in [0.25, 0.3) is 11.0 Å². The maximum atomic E-state index is 12.9. The highest BCUT2D eigenvalue weighted by molar-refractivity contribution is 7.91. The lowest BCUT2D eigenvalue weighted by Crippen LogP contribution is -2.34. The maximum absolute atomic E-state index is 12.9. The highest BCUT2D eigenvalue weighted by Crippen LogP contribution is 2.29. The second kappa shape index (κ2) is 7.24. The first kappa shape index (κ1) is 18.4. The fourth-order valence-electron chi connectivity index (χ4n) is 3.55.